The second-order valence-corrected chi connectivity index (χ2v) is 5.02. The molecule has 0 bridgehead atoms. The van der Waals surface area contributed by atoms with Gasteiger partial charge in [0.2, 0.25) is 0 Å². The van der Waals surface area contributed by atoms with Gasteiger partial charge in [-0.2, -0.15) is 0 Å². The predicted molar refractivity (Wildman–Crippen MR) is 79.0 cm³/mol. The van der Waals surface area contributed by atoms with Gasteiger partial charge in [0.1, 0.15) is 5.75 Å². The second kappa shape index (κ2) is 7.93. The van der Waals surface area contributed by atoms with Gasteiger partial charge in [-0.05, 0) is 44.0 Å². The fraction of sp³-hybridized carbons (Fsp3) is 0.500. The van der Waals surface area contributed by atoms with Crippen LogP contribution in [0.15, 0.2) is 29.8 Å². The Bertz CT molecular complexity index is 365. The number of benzene rings is 1. The molecular formula is C16H25NO. The molecule has 1 rings (SSSR count). The molecule has 0 aromatic heterocycles. The summed E-state index contributed by atoms with van der Waals surface area (Å²) >= 11 is 0. The average molecular weight is 247 g/mol. The minimum Gasteiger partial charge on any atom is -0.494 e. The Labute approximate surface area is 111 Å². The first-order chi connectivity index (χ1) is 8.61. The highest BCUT2D eigenvalue weighted by molar-refractivity contribution is 5.53. The third kappa shape index (κ3) is 5.87. The lowest BCUT2D eigenvalue weighted by Gasteiger charge is -2.08. The van der Waals surface area contributed by atoms with Crippen LogP contribution in [0.3, 0.4) is 0 Å². The van der Waals surface area contributed by atoms with Gasteiger partial charge in [0.15, 0.2) is 0 Å². The normalized spacial score (nSPS) is 11.9. The molecule has 2 nitrogen and oxygen atoms in total. The zero-order valence-electron chi connectivity index (χ0n) is 12.0. The molecule has 0 aliphatic rings. The zero-order valence-corrected chi connectivity index (χ0v) is 12.0. The number of hydrogen-bond acceptors (Lipinski definition) is 2. The van der Waals surface area contributed by atoms with Crippen molar-refractivity contribution in [2.45, 2.75) is 27.7 Å². The number of ether oxygens (including phenoxy) is 1. The Hall–Kier alpha value is -1.28. The summed E-state index contributed by atoms with van der Waals surface area (Å²) in [5, 5.41) is 3.44. The molecule has 0 atom stereocenters. The summed E-state index contributed by atoms with van der Waals surface area (Å²) in [5.74, 6) is 1.63. The largest absolute Gasteiger partial charge is 0.494 e. The first-order valence-corrected chi connectivity index (χ1v) is 6.72. The van der Waals surface area contributed by atoms with Crippen LogP contribution in [-0.2, 0) is 0 Å². The predicted octanol–water partition coefficient (Wildman–Crippen LogP) is 3.73. The Morgan fingerprint density at radius 3 is 2.50 bits per heavy atom. The Balaban J connectivity index is 2.48. The minimum absolute atomic E-state index is 0.697. The molecule has 0 fully saturated rings. The molecule has 0 aliphatic heterocycles. The van der Waals surface area contributed by atoms with Crippen molar-refractivity contribution in [1.29, 1.82) is 0 Å². The lowest BCUT2D eigenvalue weighted by atomic mass is 10.1. The maximum Gasteiger partial charge on any atom is 0.119 e. The highest BCUT2D eigenvalue weighted by Crippen LogP contribution is 2.14. The van der Waals surface area contributed by atoms with Gasteiger partial charge in [-0.1, -0.05) is 37.6 Å². The summed E-state index contributed by atoms with van der Waals surface area (Å²) in [4.78, 5) is 0. The van der Waals surface area contributed by atoms with E-state index in [4.69, 9.17) is 4.74 Å². The van der Waals surface area contributed by atoms with Crippen LogP contribution in [0.1, 0.15) is 33.3 Å². The van der Waals surface area contributed by atoms with E-state index in [-0.39, 0.29) is 0 Å². The molecule has 18 heavy (non-hydrogen) atoms. The fourth-order valence-electron chi connectivity index (χ4n) is 1.72. The molecule has 100 valence electrons. The number of rotatable bonds is 7. The third-order valence-electron chi connectivity index (χ3n) is 2.56. The molecule has 2 heteroatoms. The summed E-state index contributed by atoms with van der Waals surface area (Å²) in [7, 11) is 0. The molecule has 1 N–H and O–H groups in total. The van der Waals surface area contributed by atoms with E-state index in [1.165, 1.54) is 11.1 Å². The molecular weight excluding hydrogens is 222 g/mol. The molecule has 0 unspecified atom stereocenters. The maximum absolute atomic E-state index is 5.42. The van der Waals surface area contributed by atoms with Gasteiger partial charge < -0.3 is 10.1 Å². The molecule has 0 saturated carbocycles. The van der Waals surface area contributed by atoms with Gasteiger partial charge in [-0.25, -0.2) is 0 Å². The average Bonchev–Trinajstić information content (AvgIpc) is 2.31. The highest BCUT2D eigenvalue weighted by Gasteiger charge is 1.96. The van der Waals surface area contributed by atoms with E-state index >= 15 is 0 Å². The first-order valence-electron chi connectivity index (χ1n) is 6.72. The van der Waals surface area contributed by atoms with E-state index in [1.54, 1.807) is 0 Å². The van der Waals surface area contributed by atoms with E-state index in [0.29, 0.717) is 12.5 Å². The SMILES string of the molecule is CCOc1ccc(C=C(C)CNCC(C)C)cc1. The minimum atomic E-state index is 0.697. The third-order valence-corrected chi connectivity index (χ3v) is 2.56. The molecule has 1 aromatic rings. The lowest BCUT2D eigenvalue weighted by molar-refractivity contribution is 0.340. The van der Waals surface area contributed by atoms with Crippen molar-refractivity contribution >= 4 is 6.08 Å². The molecule has 0 aliphatic carbocycles. The van der Waals surface area contributed by atoms with Crippen molar-refractivity contribution in [3.63, 3.8) is 0 Å². The van der Waals surface area contributed by atoms with Crippen LogP contribution in [0.4, 0.5) is 0 Å². The molecule has 0 radical (unpaired) electrons. The Morgan fingerprint density at radius 2 is 1.94 bits per heavy atom. The van der Waals surface area contributed by atoms with E-state index in [9.17, 15) is 0 Å². The highest BCUT2D eigenvalue weighted by atomic mass is 16.5. The van der Waals surface area contributed by atoms with Gasteiger partial charge in [0.05, 0.1) is 6.61 Å². The van der Waals surface area contributed by atoms with E-state index in [1.807, 2.05) is 19.1 Å². The van der Waals surface area contributed by atoms with Crippen molar-refractivity contribution in [2.75, 3.05) is 19.7 Å². The summed E-state index contributed by atoms with van der Waals surface area (Å²) in [6, 6.07) is 8.22. The van der Waals surface area contributed by atoms with Crippen LogP contribution in [0.2, 0.25) is 0 Å². The number of hydrogen-bond donors (Lipinski definition) is 1. The van der Waals surface area contributed by atoms with Crippen LogP contribution in [0.5, 0.6) is 5.75 Å². The van der Waals surface area contributed by atoms with Crippen LogP contribution < -0.4 is 10.1 Å². The van der Waals surface area contributed by atoms with E-state index in [2.05, 4.69) is 44.3 Å². The molecule has 0 heterocycles. The molecule has 0 amide bonds. The van der Waals surface area contributed by atoms with Crippen molar-refractivity contribution in [2.24, 2.45) is 5.92 Å². The second-order valence-electron chi connectivity index (χ2n) is 5.02. The summed E-state index contributed by atoms with van der Waals surface area (Å²) in [6.45, 7) is 11.3. The summed E-state index contributed by atoms with van der Waals surface area (Å²) in [6.07, 6.45) is 2.21. The van der Waals surface area contributed by atoms with Gasteiger partial charge in [0.25, 0.3) is 0 Å². The molecule has 0 spiro atoms. The lowest BCUT2D eigenvalue weighted by Crippen LogP contribution is -2.21. The summed E-state index contributed by atoms with van der Waals surface area (Å²) in [5.41, 5.74) is 2.57. The topological polar surface area (TPSA) is 21.3 Å². The standard InChI is InChI=1S/C16H25NO/c1-5-18-16-8-6-15(7-9-16)10-14(4)12-17-11-13(2)3/h6-10,13,17H,5,11-12H2,1-4H3. The Morgan fingerprint density at radius 1 is 1.28 bits per heavy atom. The van der Waals surface area contributed by atoms with Crippen LogP contribution >= 0.6 is 0 Å². The monoisotopic (exact) mass is 247 g/mol. The maximum atomic E-state index is 5.42. The smallest absolute Gasteiger partial charge is 0.119 e. The van der Waals surface area contributed by atoms with Crippen molar-refractivity contribution in [3.8, 4) is 5.75 Å². The van der Waals surface area contributed by atoms with Crippen molar-refractivity contribution in [1.82, 2.24) is 5.32 Å². The first kappa shape index (κ1) is 14.8. The zero-order chi connectivity index (χ0) is 13.4. The van der Waals surface area contributed by atoms with Crippen molar-refractivity contribution < 1.29 is 4.74 Å². The van der Waals surface area contributed by atoms with Gasteiger partial charge in [-0.3, -0.25) is 0 Å². The van der Waals surface area contributed by atoms with E-state index < -0.39 is 0 Å². The Kier molecular flexibility index (Phi) is 6.51. The molecule has 0 saturated heterocycles. The van der Waals surface area contributed by atoms with Crippen LogP contribution in [0.25, 0.3) is 6.08 Å². The fourth-order valence-corrected chi connectivity index (χ4v) is 1.72. The van der Waals surface area contributed by atoms with Crippen molar-refractivity contribution in [3.05, 3.63) is 35.4 Å². The summed E-state index contributed by atoms with van der Waals surface area (Å²) < 4.78 is 5.42. The van der Waals surface area contributed by atoms with E-state index in [0.717, 1.165) is 18.8 Å². The van der Waals surface area contributed by atoms with Gasteiger partial charge >= 0.3 is 0 Å². The molecule has 1 aromatic carbocycles. The van der Waals surface area contributed by atoms with Crippen LogP contribution in [0, 0.1) is 5.92 Å². The van der Waals surface area contributed by atoms with Crippen LogP contribution in [-0.4, -0.2) is 19.7 Å². The van der Waals surface area contributed by atoms with Gasteiger partial charge in [0, 0.05) is 6.54 Å². The number of nitrogens with one attached hydrogen (secondary N) is 1. The quantitative estimate of drug-likeness (QED) is 0.792. The van der Waals surface area contributed by atoms with Gasteiger partial charge in [-0.15, -0.1) is 0 Å².